The van der Waals surface area contributed by atoms with Gasteiger partial charge >= 0.3 is 0 Å². The third-order valence-electron chi connectivity index (χ3n) is 2.77. The number of hydrogen-bond donors (Lipinski definition) is 1. The Morgan fingerprint density at radius 2 is 2.21 bits per heavy atom. The van der Waals surface area contributed by atoms with Crippen LogP contribution < -0.4 is 0 Å². The molecule has 2 aromatic rings. The fraction of sp³-hybridized carbons (Fsp3) is 0.462. The summed E-state index contributed by atoms with van der Waals surface area (Å²) in [5, 5.41) is 14.9. The van der Waals surface area contributed by atoms with Crippen molar-refractivity contribution < 1.29 is 5.11 Å². The zero-order valence-corrected chi connectivity index (χ0v) is 11.7. The highest BCUT2D eigenvalue weighted by Gasteiger charge is 2.16. The second-order valence-electron chi connectivity index (χ2n) is 4.87. The summed E-state index contributed by atoms with van der Waals surface area (Å²) in [5.74, 6) is 1.23. The lowest BCUT2D eigenvalue weighted by Gasteiger charge is -2.13. The van der Waals surface area contributed by atoms with E-state index < -0.39 is 6.10 Å². The first-order valence-corrected chi connectivity index (χ1v) is 6.60. The molecule has 102 valence electrons. The normalized spacial score (nSPS) is 12.9. The van der Waals surface area contributed by atoms with Crippen molar-refractivity contribution in [3.8, 4) is 0 Å². The lowest BCUT2D eigenvalue weighted by Crippen LogP contribution is -2.13. The molecule has 0 aliphatic carbocycles. The predicted octanol–water partition coefficient (Wildman–Crippen LogP) is 2.26. The molecule has 1 unspecified atom stereocenters. The van der Waals surface area contributed by atoms with Crippen LogP contribution in [0.15, 0.2) is 24.8 Å². The molecule has 0 aromatic carbocycles. The van der Waals surface area contributed by atoms with Crippen LogP contribution in [0.5, 0.6) is 0 Å². The summed E-state index contributed by atoms with van der Waals surface area (Å²) >= 11 is 6.02. The fourth-order valence-electron chi connectivity index (χ4n) is 1.88. The van der Waals surface area contributed by atoms with Gasteiger partial charge in [0.15, 0.2) is 0 Å². The minimum atomic E-state index is -0.703. The second kappa shape index (κ2) is 6.12. The Hall–Kier alpha value is -1.46. The molecule has 5 nitrogen and oxygen atoms in total. The van der Waals surface area contributed by atoms with Crippen LogP contribution in [0.25, 0.3) is 0 Å². The van der Waals surface area contributed by atoms with E-state index in [0.717, 1.165) is 12.4 Å². The number of hydrogen-bond acceptors (Lipinski definition) is 4. The predicted molar refractivity (Wildman–Crippen MR) is 72.8 cm³/mol. The van der Waals surface area contributed by atoms with E-state index >= 15 is 0 Å². The monoisotopic (exact) mass is 280 g/mol. The molecule has 2 aromatic heterocycles. The topological polar surface area (TPSA) is 63.8 Å². The molecule has 2 rings (SSSR count). The summed E-state index contributed by atoms with van der Waals surface area (Å²) < 4.78 is 1.82. The Morgan fingerprint density at radius 3 is 2.89 bits per heavy atom. The third kappa shape index (κ3) is 3.52. The van der Waals surface area contributed by atoms with Crippen molar-refractivity contribution in [2.24, 2.45) is 5.92 Å². The van der Waals surface area contributed by atoms with Crippen molar-refractivity contribution in [3.63, 3.8) is 0 Å². The molecule has 1 N–H and O–H groups in total. The standard InChI is InChI=1S/C13H17ClN4O/c1-9(2)7-18-13(16-8-17-18)5-12(19)10-3-4-15-6-11(10)14/h3-4,6,8-9,12,19H,5,7H2,1-2H3. The summed E-state index contributed by atoms with van der Waals surface area (Å²) in [4.78, 5) is 8.10. The van der Waals surface area contributed by atoms with Gasteiger partial charge < -0.3 is 5.11 Å². The molecule has 0 bridgehead atoms. The largest absolute Gasteiger partial charge is 0.388 e. The number of aliphatic hydroxyl groups excluding tert-OH is 1. The molecule has 0 spiro atoms. The van der Waals surface area contributed by atoms with E-state index in [1.165, 1.54) is 12.5 Å². The molecule has 1 atom stereocenters. The maximum atomic E-state index is 10.2. The Kier molecular flexibility index (Phi) is 4.50. The van der Waals surface area contributed by atoms with Crippen LogP contribution in [-0.4, -0.2) is 24.9 Å². The first-order chi connectivity index (χ1) is 9.08. The molecular formula is C13H17ClN4O. The van der Waals surface area contributed by atoms with Gasteiger partial charge in [0, 0.05) is 30.9 Å². The van der Waals surface area contributed by atoms with Gasteiger partial charge in [-0.2, -0.15) is 5.10 Å². The molecule has 0 aliphatic rings. The summed E-state index contributed by atoms with van der Waals surface area (Å²) in [5.41, 5.74) is 0.663. The van der Waals surface area contributed by atoms with Gasteiger partial charge in [-0.1, -0.05) is 25.4 Å². The average Bonchev–Trinajstić information content (AvgIpc) is 2.76. The number of nitrogens with zero attached hydrogens (tertiary/aromatic N) is 4. The SMILES string of the molecule is CC(C)Cn1ncnc1CC(O)c1ccncc1Cl. The van der Waals surface area contributed by atoms with Gasteiger partial charge in [-0.25, -0.2) is 9.67 Å². The lowest BCUT2D eigenvalue weighted by atomic mass is 10.1. The molecule has 0 saturated carbocycles. The molecule has 0 amide bonds. The van der Waals surface area contributed by atoms with Crippen molar-refractivity contribution in [1.29, 1.82) is 0 Å². The smallest absolute Gasteiger partial charge is 0.138 e. The molecule has 2 heterocycles. The average molecular weight is 281 g/mol. The van der Waals surface area contributed by atoms with Crippen molar-refractivity contribution in [1.82, 2.24) is 19.7 Å². The van der Waals surface area contributed by atoms with Gasteiger partial charge in [0.1, 0.15) is 12.2 Å². The van der Waals surface area contributed by atoms with Gasteiger partial charge in [-0.05, 0) is 12.0 Å². The molecule has 0 aliphatic heterocycles. The summed E-state index contributed by atoms with van der Waals surface area (Å²) in [6.45, 7) is 5.01. The third-order valence-corrected chi connectivity index (χ3v) is 3.09. The van der Waals surface area contributed by atoms with Crippen molar-refractivity contribution in [3.05, 3.63) is 41.2 Å². The van der Waals surface area contributed by atoms with E-state index in [1.54, 1.807) is 12.3 Å². The highest BCUT2D eigenvalue weighted by Crippen LogP contribution is 2.24. The Morgan fingerprint density at radius 1 is 1.42 bits per heavy atom. The zero-order valence-electron chi connectivity index (χ0n) is 11.0. The quantitative estimate of drug-likeness (QED) is 0.912. The van der Waals surface area contributed by atoms with Gasteiger partial charge in [0.25, 0.3) is 0 Å². The molecule has 6 heteroatoms. The van der Waals surface area contributed by atoms with Crippen molar-refractivity contribution in [2.75, 3.05) is 0 Å². The number of aliphatic hydroxyl groups is 1. The zero-order chi connectivity index (χ0) is 13.8. The highest BCUT2D eigenvalue weighted by molar-refractivity contribution is 6.31. The van der Waals surface area contributed by atoms with Gasteiger partial charge in [-0.3, -0.25) is 4.98 Å². The Bertz CT molecular complexity index is 541. The number of rotatable bonds is 5. The molecule has 19 heavy (non-hydrogen) atoms. The Labute approximate surface area is 117 Å². The number of aromatic nitrogens is 4. The van der Waals surface area contributed by atoms with E-state index in [0.29, 0.717) is 22.9 Å². The number of halogens is 1. The van der Waals surface area contributed by atoms with E-state index in [2.05, 4.69) is 28.9 Å². The fourth-order valence-corrected chi connectivity index (χ4v) is 2.13. The second-order valence-corrected chi connectivity index (χ2v) is 5.28. The maximum absolute atomic E-state index is 10.2. The highest BCUT2D eigenvalue weighted by atomic mass is 35.5. The van der Waals surface area contributed by atoms with Crippen LogP contribution in [0.3, 0.4) is 0 Å². The van der Waals surface area contributed by atoms with Crippen LogP contribution in [0.4, 0.5) is 0 Å². The van der Waals surface area contributed by atoms with Gasteiger partial charge in [0.2, 0.25) is 0 Å². The van der Waals surface area contributed by atoms with Crippen LogP contribution in [0.2, 0.25) is 5.02 Å². The van der Waals surface area contributed by atoms with E-state index in [9.17, 15) is 5.11 Å². The molecule has 0 fully saturated rings. The minimum absolute atomic E-state index is 0.385. The summed E-state index contributed by atoms with van der Waals surface area (Å²) in [6.07, 6.45) is 4.34. The lowest BCUT2D eigenvalue weighted by molar-refractivity contribution is 0.173. The van der Waals surface area contributed by atoms with Crippen LogP contribution in [-0.2, 0) is 13.0 Å². The molecule has 0 radical (unpaired) electrons. The number of pyridine rings is 1. The van der Waals surface area contributed by atoms with Crippen LogP contribution in [0.1, 0.15) is 31.3 Å². The van der Waals surface area contributed by atoms with Crippen LogP contribution >= 0.6 is 11.6 Å². The Balaban J connectivity index is 2.13. The van der Waals surface area contributed by atoms with E-state index in [-0.39, 0.29) is 0 Å². The van der Waals surface area contributed by atoms with Gasteiger partial charge in [0.05, 0.1) is 11.1 Å². The van der Waals surface area contributed by atoms with Gasteiger partial charge in [-0.15, -0.1) is 0 Å². The van der Waals surface area contributed by atoms with Crippen molar-refractivity contribution >= 4 is 11.6 Å². The summed E-state index contributed by atoms with van der Waals surface area (Å²) in [6, 6.07) is 1.72. The molecular weight excluding hydrogens is 264 g/mol. The van der Waals surface area contributed by atoms with Crippen LogP contribution in [0, 0.1) is 5.92 Å². The molecule has 0 saturated heterocycles. The van der Waals surface area contributed by atoms with E-state index in [1.807, 2.05) is 4.68 Å². The van der Waals surface area contributed by atoms with E-state index in [4.69, 9.17) is 11.6 Å². The summed E-state index contributed by atoms with van der Waals surface area (Å²) in [7, 11) is 0. The first kappa shape index (κ1) is 14.0. The first-order valence-electron chi connectivity index (χ1n) is 6.22. The minimum Gasteiger partial charge on any atom is -0.388 e. The van der Waals surface area contributed by atoms with Crippen molar-refractivity contribution in [2.45, 2.75) is 32.9 Å². The maximum Gasteiger partial charge on any atom is 0.138 e.